The summed E-state index contributed by atoms with van der Waals surface area (Å²) in [6, 6.07) is 2.96. The van der Waals surface area contributed by atoms with Crippen LogP contribution in [0.3, 0.4) is 0 Å². The Morgan fingerprint density at radius 2 is 1.88 bits per heavy atom. The van der Waals surface area contributed by atoms with E-state index in [9.17, 15) is 4.79 Å². The molecule has 1 rings (SSSR count). The molecule has 0 saturated carbocycles. The van der Waals surface area contributed by atoms with Crippen molar-refractivity contribution in [3.05, 3.63) is 27.2 Å². The molecule has 1 amide bonds. The van der Waals surface area contributed by atoms with Gasteiger partial charge in [-0.3, -0.25) is 4.79 Å². The topological polar surface area (TPSA) is 49.3 Å². The first kappa shape index (κ1) is 14.6. The highest BCUT2D eigenvalue weighted by Crippen LogP contribution is 2.32. The molecule has 2 N–H and O–H groups in total. The fraction of sp³-hybridized carbons (Fsp3) is 0.364. The summed E-state index contributed by atoms with van der Waals surface area (Å²) in [6.07, 6.45) is 0.101. The zero-order chi connectivity index (χ0) is 13.0. The van der Waals surface area contributed by atoms with Crippen molar-refractivity contribution in [2.75, 3.05) is 5.32 Å². The first-order valence-corrected chi connectivity index (χ1v) is 6.16. The summed E-state index contributed by atoms with van der Waals surface area (Å²) in [4.78, 5) is 11.5. The first-order valence-electron chi connectivity index (χ1n) is 5.02. The number of nitrogens with one attached hydrogen (secondary N) is 1. The Labute approximate surface area is 115 Å². The van der Waals surface area contributed by atoms with Gasteiger partial charge in [-0.2, -0.15) is 0 Å². The van der Waals surface area contributed by atoms with E-state index in [1.165, 1.54) is 12.1 Å². The number of carbonyl (C=O) groups excluding carboxylic acids is 1. The van der Waals surface area contributed by atoms with Gasteiger partial charge >= 0.3 is 0 Å². The minimum atomic E-state index is -0.509. The second-order valence-electron chi connectivity index (χ2n) is 3.68. The van der Waals surface area contributed by atoms with Crippen LogP contribution in [0.4, 0.5) is 5.69 Å². The van der Waals surface area contributed by atoms with Crippen LogP contribution in [0.5, 0.6) is 0 Å². The van der Waals surface area contributed by atoms with Crippen molar-refractivity contribution in [2.24, 2.45) is 0 Å². The maximum atomic E-state index is 11.5. The summed E-state index contributed by atoms with van der Waals surface area (Å²) in [7, 11) is 0. The van der Waals surface area contributed by atoms with E-state index in [2.05, 4.69) is 5.32 Å². The molecule has 0 fully saturated rings. The van der Waals surface area contributed by atoms with Crippen molar-refractivity contribution >= 4 is 46.4 Å². The number of rotatable bonds is 4. The molecule has 1 atom stereocenters. The molecule has 1 aromatic carbocycles. The van der Waals surface area contributed by atoms with Crippen LogP contribution in [0.1, 0.15) is 19.8 Å². The summed E-state index contributed by atoms with van der Waals surface area (Å²) in [5.74, 6) is -0.230. The average Bonchev–Trinajstić information content (AvgIpc) is 2.23. The normalized spacial score (nSPS) is 12.3. The van der Waals surface area contributed by atoms with Crippen molar-refractivity contribution in [3.8, 4) is 0 Å². The third kappa shape index (κ3) is 4.72. The third-order valence-electron chi connectivity index (χ3n) is 2.07. The standard InChI is InChI=1S/C11H12Cl3NO2/c1-6(16)2-3-11(17)15-10-5-8(13)7(12)4-9(10)14/h4-6,16H,2-3H2,1H3,(H,15,17). The highest BCUT2D eigenvalue weighted by molar-refractivity contribution is 6.44. The van der Waals surface area contributed by atoms with Gasteiger partial charge in [-0.1, -0.05) is 34.8 Å². The van der Waals surface area contributed by atoms with Gasteiger partial charge in [0, 0.05) is 6.42 Å². The number of anilines is 1. The summed E-state index contributed by atoms with van der Waals surface area (Å²) < 4.78 is 0. The molecular weight excluding hydrogens is 284 g/mol. The minimum absolute atomic E-state index is 0.217. The van der Waals surface area contributed by atoms with Gasteiger partial charge in [-0.25, -0.2) is 0 Å². The van der Waals surface area contributed by atoms with E-state index in [-0.39, 0.29) is 12.3 Å². The van der Waals surface area contributed by atoms with Gasteiger partial charge in [0.25, 0.3) is 0 Å². The van der Waals surface area contributed by atoms with E-state index >= 15 is 0 Å². The molecule has 1 aromatic rings. The molecule has 3 nitrogen and oxygen atoms in total. The quantitative estimate of drug-likeness (QED) is 0.831. The number of hydrogen-bond donors (Lipinski definition) is 2. The second kappa shape index (κ2) is 6.45. The fourth-order valence-electron chi connectivity index (χ4n) is 1.17. The number of hydrogen-bond acceptors (Lipinski definition) is 2. The van der Waals surface area contributed by atoms with Crippen LogP contribution in [0, 0.1) is 0 Å². The largest absolute Gasteiger partial charge is 0.393 e. The van der Waals surface area contributed by atoms with E-state index in [4.69, 9.17) is 39.9 Å². The Morgan fingerprint density at radius 3 is 2.47 bits per heavy atom. The Hall–Kier alpha value is -0.480. The lowest BCUT2D eigenvalue weighted by Crippen LogP contribution is -2.14. The molecule has 0 saturated heterocycles. The molecule has 0 radical (unpaired) electrons. The molecule has 0 heterocycles. The molecule has 17 heavy (non-hydrogen) atoms. The Kier molecular flexibility index (Phi) is 5.53. The van der Waals surface area contributed by atoms with Crippen LogP contribution in [-0.2, 0) is 4.79 Å². The maximum absolute atomic E-state index is 11.5. The van der Waals surface area contributed by atoms with Gasteiger partial charge in [-0.05, 0) is 25.5 Å². The van der Waals surface area contributed by atoms with E-state index < -0.39 is 6.10 Å². The molecule has 1 unspecified atom stereocenters. The van der Waals surface area contributed by atoms with Crippen LogP contribution >= 0.6 is 34.8 Å². The van der Waals surface area contributed by atoms with E-state index in [1.807, 2.05) is 0 Å². The lowest BCUT2D eigenvalue weighted by Gasteiger charge is -2.09. The number of aliphatic hydroxyl groups excluding tert-OH is 1. The van der Waals surface area contributed by atoms with Gasteiger partial charge in [-0.15, -0.1) is 0 Å². The van der Waals surface area contributed by atoms with Gasteiger partial charge in [0.1, 0.15) is 0 Å². The minimum Gasteiger partial charge on any atom is -0.393 e. The highest BCUT2D eigenvalue weighted by atomic mass is 35.5. The molecule has 0 bridgehead atoms. The third-order valence-corrected chi connectivity index (χ3v) is 3.11. The van der Waals surface area contributed by atoms with E-state index in [0.29, 0.717) is 27.2 Å². The zero-order valence-electron chi connectivity index (χ0n) is 9.14. The van der Waals surface area contributed by atoms with Crippen LogP contribution in [-0.4, -0.2) is 17.1 Å². The summed E-state index contributed by atoms with van der Waals surface area (Å²) in [5.41, 5.74) is 0.414. The number of halogens is 3. The predicted octanol–water partition coefficient (Wildman–Crippen LogP) is 3.75. The summed E-state index contributed by atoms with van der Waals surface area (Å²) in [5, 5.41) is 12.6. The van der Waals surface area contributed by atoms with Crippen molar-refractivity contribution in [1.82, 2.24) is 0 Å². The Bertz CT molecular complexity index is 421. The molecule has 94 valence electrons. The Balaban J connectivity index is 2.68. The van der Waals surface area contributed by atoms with Crippen LogP contribution in [0.15, 0.2) is 12.1 Å². The Morgan fingerprint density at radius 1 is 1.29 bits per heavy atom. The van der Waals surface area contributed by atoms with Crippen LogP contribution in [0.2, 0.25) is 15.1 Å². The monoisotopic (exact) mass is 295 g/mol. The van der Waals surface area contributed by atoms with Gasteiger partial charge in [0.15, 0.2) is 0 Å². The molecular formula is C11H12Cl3NO2. The smallest absolute Gasteiger partial charge is 0.224 e. The van der Waals surface area contributed by atoms with Crippen molar-refractivity contribution < 1.29 is 9.90 Å². The molecule has 0 aliphatic rings. The molecule has 0 aromatic heterocycles. The molecule has 0 aliphatic carbocycles. The zero-order valence-corrected chi connectivity index (χ0v) is 11.4. The van der Waals surface area contributed by atoms with Crippen molar-refractivity contribution in [2.45, 2.75) is 25.9 Å². The summed E-state index contributed by atoms with van der Waals surface area (Å²) >= 11 is 17.5. The predicted molar refractivity (Wildman–Crippen MR) is 71.0 cm³/mol. The van der Waals surface area contributed by atoms with Crippen molar-refractivity contribution in [3.63, 3.8) is 0 Å². The van der Waals surface area contributed by atoms with Crippen molar-refractivity contribution in [1.29, 1.82) is 0 Å². The summed E-state index contributed by atoms with van der Waals surface area (Å²) in [6.45, 7) is 1.62. The fourth-order valence-corrected chi connectivity index (χ4v) is 1.77. The first-order chi connectivity index (χ1) is 7.90. The number of amides is 1. The second-order valence-corrected chi connectivity index (χ2v) is 4.90. The molecule has 0 aliphatic heterocycles. The maximum Gasteiger partial charge on any atom is 0.224 e. The lowest BCUT2D eigenvalue weighted by molar-refractivity contribution is -0.116. The van der Waals surface area contributed by atoms with E-state index in [0.717, 1.165) is 0 Å². The van der Waals surface area contributed by atoms with E-state index in [1.54, 1.807) is 6.92 Å². The lowest BCUT2D eigenvalue weighted by atomic mass is 10.2. The van der Waals surface area contributed by atoms with Gasteiger partial charge in [0.05, 0.1) is 26.9 Å². The molecule has 6 heteroatoms. The van der Waals surface area contributed by atoms with Gasteiger partial charge in [0.2, 0.25) is 5.91 Å². The van der Waals surface area contributed by atoms with Gasteiger partial charge < -0.3 is 10.4 Å². The highest BCUT2D eigenvalue weighted by Gasteiger charge is 2.10. The number of benzene rings is 1. The average molecular weight is 297 g/mol. The number of aliphatic hydroxyl groups is 1. The molecule has 0 spiro atoms. The number of carbonyl (C=O) groups is 1. The SMILES string of the molecule is CC(O)CCC(=O)Nc1cc(Cl)c(Cl)cc1Cl. The van der Waals surface area contributed by atoms with Crippen LogP contribution in [0.25, 0.3) is 0 Å². The van der Waals surface area contributed by atoms with Crippen LogP contribution < -0.4 is 5.32 Å².